The molecule has 0 atom stereocenters. The number of hydrogen-bond donors (Lipinski definition) is 0. The van der Waals surface area contributed by atoms with E-state index in [-0.39, 0.29) is 0 Å². The Morgan fingerprint density at radius 3 is 2.08 bits per heavy atom. The first-order valence-electron chi connectivity index (χ1n) is 5.97. The zero-order valence-electron chi connectivity index (χ0n) is 9.27. The molecular formula is C11H24OSn. The normalized spacial score (nSPS) is 20.8. The summed E-state index contributed by atoms with van der Waals surface area (Å²) in [7, 11) is 0. The van der Waals surface area contributed by atoms with Crippen LogP contribution < -0.4 is 0 Å². The van der Waals surface area contributed by atoms with Gasteiger partial charge in [0.1, 0.15) is 0 Å². The summed E-state index contributed by atoms with van der Waals surface area (Å²) in [5.41, 5.74) is 0. The van der Waals surface area contributed by atoms with Gasteiger partial charge < -0.3 is 0 Å². The average molecular weight is 291 g/mol. The predicted molar refractivity (Wildman–Crippen MR) is 60.6 cm³/mol. The molecule has 0 saturated carbocycles. The summed E-state index contributed by atoms with van der Waals surface area (Å²) in [6, 6.07) is 0. The Balaban J connectivity index is 2.33. The summed E-state index contributed by atoms with van der Waals surface area (Å²) in [5, 5.41) is 0. The minimum atomic E-state index is -1.93. The van der Waals surface area contributed by atoms with Gasteiger partial charge in [-0.25, -0.2) is 0 Å². The van der Waals surface area contributed by atoms with E-state index in [4.69, 9.17) is 3.07 Å². The van der Waals surface area contributed by atoms with Gasteiger partial charge >= 0.3 is 87.7 Å². The first kappa shape index (κ1) is 11.8. The van der Waals surface area contributed by atoms with Gasteiger partial charge in [-0.1, -0.05) is 0 Å². The molecule has 0 N–H and O–H groups in total. The second kappa shape index (κ2) is 6.28. The van der Waals surface area contributed by atoms with E-state index < -0.39 is 18.8 Å². The van der Waals surface area contributed by atoms with E-state index in [2.05, 4.69) is 13.8 Å². The summed E-state index contributed by atoms with van der Waals surface area (Å²) in [4.78, 5) is 0. The predicted octanol–water partition coefficient (Wildman–Crippen LogP) is 3.95. The van der Waals surface area contributed by atoms with Gasteiger partial charge in [0.15, 0.2) is 0 Å². The van der Waals surface area contributed by atoms with E-state index in [1.54, 1.807) is 0 Å². The van der Waals surface area contributed by atoms with E-state index >= 15 is 0 Å². The van der Waals surface area contributed by atoms with Crippen LogP contribution in [-0.4, -0.2) is 25.4 Å². The van der Waals surface area contributed by atoms with Gasteiger partial charge in [0.05, 0.1) is 0 Å². The van der Waals surface area contributed by atoms with Gasteiger partial charge in [-0.2, -0.15) is 0 Å². The molecule has 1 fully saturated rings. The first-order chi connectivity index (χ1) is 6.33. The molecule has 0 aromatic rings. The molecule has 0 amide bonds. The van der Waals surface area contributed by atoms with Gasteiger partial charge in [-0.05, 0) is 0 Å². The van der Waals surface area contributed by atoms with Crippen LogP contribution >= 0.6 is 0 Å². The Labute approximate surface area is 87.7 Å². The molecule has 0 aromatic heterocycles. The summed E-state index contributed by atoms with van der Waals surface area (Å²) in [5.74, 6) is 0. The Morgan fingerprint density at radius 2 is 1.69 bits per heavy atom. The third kappa shape index (κ3) is 3.78. The van der Waals surface area contributed by atoms with Crippen molar-refractivity contribution in [2.24, 2.45) is 0 Å². The van der Waals surface area contributed by atoms with Crippen molar-refractivity contribution in [3.8, 4) is 0 Å². The van der Waals surface area contributed by atoms with Crippen molar-refractivity contribution in [3.63, 3.8) is 0 Å². The van der Waals surface area contributed by atoms with E-state index in [9.17, 15) is 0 Å². The molecule has 1 rings (SSSR count). The minimum absolute atomic E-state index is 1.10. The van der Waals surface area contributed by atoms with Crippen molar-refractivity contribution in [3.05, 3.63) is 0 Å². The van der Waals surface area contributed by atoms with Crippen LogP contribution in [0.3, 0.4) is 0 Å². The van der Waals surface area contributed by atoms with Gasteiger partial charge in [0.25, 0.3) is 0 Å². The van der Waals surface area contributed by atoms with Crippen molar-refractivity contribution in [2.75, 3.05) is 6.61 Å². The molecule has 1 aliphatic heterocycles. The Hall–Kier alpha value is 0.759. The van der Waals surface area contributed by atoms with E-state index in [0.29, 0.717) is 0 Å². The van der Waals surface area contributed by atoms with Crippen LogP contribution in [0.25, 0.3) is 0 Å². The molecule has 2 heteroatoms. The SMILES string of the molecule is CCC[CH2][Sn]1([CH2]CCC)[CH2]CC[O]1. The van der Waals surface area contributed by atoms with Gasteiger partial charge in [0, 0.05) is 0 Å². The topological polar surface area (TPSA) is 9.23 Å². The summed E-state index contributed by atoms with van der Waals surface area (Å²) >= 11 is -1.93. The third-order valence-electron chi connectivity index (χ3n) is 3.16. The van der Waals surface area contributed by atoms with Crippen LogP contribution in [0.4, 0.5) is 0 Å². The van der Waals surface area contributed by atoms with Gasteiger partial charge in [-0.15, -0.1) is 0 Å². The van der Waals surface area contributed by atoms with E-state index in [1.165, 1.54) is 45.4 Å². The monoisotopic (exact) mass is 292 g/mol. The standard InChI is InChI=1S/2C4H9.C3H6O.Sn/c2*1-3-4-2;1-2-3-4;/h2*1,3-4H2,2H3;1-3H2;/q;;-1;+1. The molecule has 1 heterocycles. The molecule has 0 unspecified atom stereocenters. The molecule has 0 radical (unpaired) electrons. The third-order valence-corrected chi connectivity index (χ3v) is 16.3. The summed E-state index contributed by atoms with van der Waals surface area (Å²) < 4.78 is 10.7. The van der Waals surface area contributed by atoms with Crippen molar-refractivity contribution < 1.29 is 3.07 Å². The van der Waals surface area contributed by atoms with Crippen molar-refractivity contribution >= 4 is 18.8 Å². The molecule has 0 aromatic carbocycles. The molecule has 1 saturated heterocycles. The molecule has 0 aliphatic carbocycles. The molecule has 1 nitrogen and oxygen atoms in total. The fourth-order valence-electron chi connectivity index (χ4n) is 2.27. The number of rotatable bonds is 6. The zero-order valence-corrected chi connectivity index (χ0v) is 12.1. The number of hydrogen-bond acceptors (Lipinski definition) is 1. The van der Waals surface area contributed by atoms with Crippen LogP contribution in [0.15, 0.2) is 0 Å². The molecule has 0 bridgehead atoms. The second-order valence-corrected chi connectivity index (χ2v) is 16.2. The second-order valence-electron chi connectivity index (χ2n) is 4.34. The first-order valence-corrected chi connectivity index (χ1v) is 13.2. The quantitative estimate of drug-likeness (QED) is 0.673. The molecular weight excluding hydrogens is 267 g/mol. The van der Waals surface area contributed by atoms with Crippen LogP contribution in [0.5, 0.6) is 0 Å². The van der Waals surface area contributed by atoms with Crippen LogP contribution in [0.2, 0.25) is 13.3 Å². The Morgan fingerprint density at radius 1 is 1.08 bits per heavy atom. The van der Waals surface area contributed by atoms with Crippen molar-refractivity contribution in [2.45, 2.75) is 59.3 Å². The molecule has 13 heavy (non-hydrogen) atoms. The Kier molecular flexibility index (Phi) is 5.72. The molecule has 78 valence electrons. The van der Waals surface area contributed by atoms with E-state index in [1.807, 2.05) is 0 Å². The van der Waals surface area contributed by atoms with Gasteiger partial charge in [-0.3, -0.25) is 0 Å². The fraction of sp³-hybridized carbons (Fsp3) is 1.00. The summed E-state index contributed by atoms with van der Waals surface area (Å²) in [6.07, 6.45) is 6.95. The van der Waals surface area contributed by atoms with Crippen LogP contribution in [0, 0.1) is 0 Å². The number of unbranched alkanes of at least 4 members (excludes halogenated alkanes) is 2. The maximum absolute atomic E-state index is 6.15. The van der Waals surface area contributed by atoms with Crippen LogP contribution in [-0.2, 0) is 3.07 Å². The summed E-state index contributed by atoms with van der Waals surface area (Å²) in [6.45, 7) is 5.70. The van der Waals surface area contributed by atoms with Crippen molar-refractivity contribution in [1.82, 2.24) is 0 Å². The zero-order chi connectivity index (χ0) is 9.57. The Bertz CT molecular complexity index is 120. The average Bonchev–Trinajstić information content (AvgIpc) is 2.61. The fourth-order valence-corrected chi connectivity index (χ4v) is 15.2. The van der Waals surface area contributed by atoms with E-state index in [0.717, 1.165) is 6.61 Å². The maximum atomic E-state index is 6.15. The molecule has 1 aliphatic rings. The molecule has 0 spiro atoms. The van der Waals surface area contributed by atoms with Crippen LogP contribution in [0.1, 0.15) is 46.0 Å². The van der Waals surface area contributed by atoms with Gasteiger partial charge in [0.2, 0.25) is 0 Å². The van der Waals surface area contributed by atoms with Crippen molar-refractivity contribution in [1.29, 1.82) is 0 Å².